The summed E-state index contributed by atoms with van der Waals surface area (Å²) in [4.78, 5) is 23.1. The van der Waals surface area contributed by atoms with E-state index in [0.29, 0.717) is 0 Å². The van der Waals surface area contributed by atoms with Gasteiger partial charge in [-0.3, -0.25) is 10.2 Å². The molecule has 9 heteroatoms. The third-order valence-electron chi connectivity index (χ3n) is 1.78. The van der Waals surface area contributed by atoms with Gasteiger partial charge >= 0.3 is 6.01 Å². The number of ether oxygens (including phenoxy) is 1. The Balaban J connectivity index is 2.63. The second-order valence-electron chi connectivity index (χ2n) is 3.69. The van der Waals surface area contributed by atoms with Gasteiger partial charge < -0.3 is 15.4 Å². The normalized spacial score (nSPS) is 10.1. The molecule has 0 unspecified atom stereocenters. The Kier molecular flexibility index (Phi) is 5.06. The van der Waals surface area contributed by atoms with E-state index >= 15 is 0 Å². The highest BCUT2D eigenvalue weighted by Crippen LogP contribution is 2.09. The fourth-order valence-electron chi connectivity index (χ4n) is 1.12. The van der Waals surface area contributed by atoms with Gasteiger partial charge in [-0.05, 0) is 13.8 Å². The number of methoxy groups -OCH3 is 1. The summed E-state index contributed by atoms with van der Waals surface area (Å²) in [6.45, 7) is 3.80. The van der Waals surface area contributed by atoms with Crippen LogP contribution in [-0.4, -0.2) is 40.6 Å². The minimum absolute atomic E-state index is 0.0510. The lowest BCUT2D eigenvalue weighted by molar-refractivity contribution is -0.119. The van der Waals surface area contributed by atoms with Gasteiger partial charge in [0.25, 0.3) is 0 Å². The zero-order valence-corrected chi connectivity index (χ0v) is 10.5. The Hall–Kier alpha value is -2.16. The van der Waals surface area contributed by atoms with Gasteiger partial charge in [-0.1, -0.05) is 0 Å². The summed E-state index contributed by atoms with van der Waals surface area (Å²) in [5.41, 5.74) is 2.28. The predicted octanol–water partition coefficient (Wildman–Crippen LogP) is -0.898. The van der Waals surface area contributed by atoms with E-state index in [1.165, 1.54) is 7.11 Å². The standard InChI is InChI=1S/C9H17N7O2/c1-5(2)12-6(17)4-11-7-13-8(16-10)15-9(14-7)18-3/h5H,4,10H2,1-3H3,(H,12,17)(H2,11,13,14,15,16). The molecule has 1 aromatic rings. The van der Waals surface area contributed by atoms with Crippen LogP contribution in [0.5, 0.6) is 6.01 Å². The van der Waals surface area contributed by atoms with Crippen LogP contribution in [0.2, 0.25) is 0 Å². The molecule has 1 heterocycles. The van der Waals surface area contributed by atoms with Crippen molar-refractivity contribution in [3.63, 3.8) is 0 Å². The van der Waals surface area contributed by atoms with E-state index in [2.05, 4.69) is 31.0 Å². The molecular formula is C9H17N7O2. The van der Waals surface area contributed by atoms with Crippen molar-refractivity contribution in [3.8, 4) is 6.01 Å². The molecule has 5 N–H and O–H groups in total. The molecule has 0 fully saturated rings. The van der Waals surface area contributed by atoms with Crippen LogP contribution < -0.4 is 26.6 Å². The van der Waals surface area contributed by atoms with E-state index in [0.717, 1.165) is 0 Å². The minimum Gasteiger partial charge on any atom is -0.467 e. The molecule has 0 aliphatic carbocycles. The molecule has 1 amide bonds. The lowest BCUT2D eigenvalue weighted by Gasteiger charge is -2.10. The lowest BCUT2D eigenvalue weighted by Crippen LogP contribution is -2.35. The fourth-order valence-corrected chi connectivity index (χ4v) is 1.12. The molecule has 0 saturated heterocycles. The number of amides is 1. The number of hydrogen-bond acceptors (Lipinski definition) is 8. The maximum absolute atomic E-state index is 11.4. The number of nitrogens with one attached hydrogen (secondary N) is 3. The van der Waals surface area contributed by atoms with Crippen LogP contribution in [0, 0.1) is 0 Å². The van der Waals surface area contributed by atoms with Gasteiger partial charge in [-0.25, -0.2) is 5.84 Å². The average Bonchev–Trinajstić information content (AvgIpc) is 2.35. The van der Waals surface area contributed by atoms with Crippen LogP contribution in [0.25, 0.3) is 0 Å². The van der Waals surface area contributed by atoms with Crippen LogP contribution in [-0.2, 0) is 4.79 Å². The molecule has 100 valence electrons. The molecule has 0 atom stereocenters. The maximum atomic E-state index is 11.4. The molecule has 0 spiro atoms. The van der Waals surface area contributed by atoms with Gasteiger partial charge in [-0.15, -0.1) is 0 Å². The number of aromatic nitrogens is 3. The third-order valence-corrected chi connectivity index (χ3v) is 1.78. The molecule has 0 aliphatic rings. The van der Waals surface area contributed by atoms with Crippen LogP contribution in [0.1, 0.15) is 13.8 Å². The van der Waals surface area contributed by atoms with Gasteiger partial charge in [0.15, 0.2) is 0 Å². The van der Waals surface area contributed by atoms with E-state index < -0.39 is 0 Å². The van der Waals surface area contributed by atoms with Crippen LogP contribution in [0.3, 0.4) is 0 Å². The van der Waals surface area contributed by atoms with Crippen LogP contribution >= 0.6 is 0 Å². The monoisotopic (exact) mass is 255 g/mol. The number of carbonyl (C=O) groups excluding carboxylic acids is 1. The number of hydrazine groups is 1. The summed E-state index contributed by atoms with van der Waals surface area (Å²) in [6, 6.07) is 0.179. The third kappa shape index (κ3) is 4.37. The molecule has 0 saturated carbocycles. The molecule has 1 aromatic heterocycles. The summed E-state index contributed by atoms with van der Waals surface area (Å²) in [7, 11) is 1.42. The van der Waals surface area contributed by atoms with E-state index in [9.17, 15) is 4.79 Å². The first-order valence-electron chi connectivity index (χ1n) is 5.35. The topological polar surface area (TPSA) is 127 Å². The highest BCUT2D eigenvalue weighted by atomic mass is 16.5. The molecular weight excluding hydrogens is 238 g/mol. The van der Waals surface area contributed by atoms with Gasteiger partial charge in [0.2, 0.25) is 17.8 Å². The number of nitrogen functional groups attached to an aromatic ring is 1. The summed E-state index contributed by atoms with van der Waals surface area (Å²) in [5.74, 6) is 5.39. The first-order valence-corrected chi connectivity index (χ1v) is 5.35. The van der Waals surface area contributed by atoms with Gasteiger partial charge in [0.05, 0.1) is 13.7 Å². The van der Waals surface area contributed by atoms with Gasteiger partial charge in [0.1, 0.15) is 0 Å². The molecule has 0 radical (unpaired) electrons. The van der Waals surface area contributed by atoms with Crippen molar-refractivity contribution >= 4 is 17.8 Å². The molecule has 0 aliphatic heterocycles. The summed E-state index contributed by atoms with van der Waals surface area (Å²) < 4.78 is 4.87. The zero-order chi connectivity index (χ0) is 13.5. The minimum atomic E-state index is -0.161. The molecule has 0 bridgehead atoms. The predicted molar refractivity (Wildman–Crippen MR) is 66.0 cm³/mol. The van der Waals surface area contributed by atoms with Crippen molar-refractivity contribution in [1.82, 2.24) is 20.3 Å². The van der Waals surface area contributed by atoms with Crippen molar-refractivity contribution in [2.45, 2.75) is 19.9 Å². The highest BCUT2D eigenvalue weighted by molar-refractivity contribution is 5.80. The number of rotatable bonds is 6. The summed E-state index contributed by atoms with van der Waals surface area (Å²) in [5, 5.41) is 5.48. The van der Waals surface area contributed by atoms with Crippen molar-refractivity contribution in [2.75, 3.05) is 24.4 Å². The Labute approximate surface area is 105 Å². The van der Waals surface area contributed by atoms with Gasteiger partial charge in [-0.2, -0.15) is 15.0 Å². The Morgan fingerprint density at radius 3 is 2.56 bits per heavy atom. The first-order chi connectivity index (χ1) is 8.55. The van der Waals surface area contributed by atoms with Crippen molar-refractivity contribution in [3.05, 3.63) is 0 Å². The van der Waals surface area contributed by atoms with E-state index in [1.807, 2.05) is 13.8 Å². The second kappa shape index (κ2) is 6.55. The van der Waals surface area contributed by atoms with E-state index in [-0.39, 0.29) is 36.4 Å². The summed E-state index contributed by atoms with van der Waals surface area (Å²) >= 11 is 0. The number of carbonyl (C=O) groups is 1. The maximum Gasteiger partial charge on any atom is 0.322 e. The molecule has 0 aromatic carbocycles. The Bertz CT molecular complexity index is 388. The highest BCUT2D eigenvalue weighted by Gasteiger charge is 2.08. The summed E-state index contributed by atoms with van der Waals surface area (Å²) in [6.07, 6.45) is 0. The molecule has 9 nitrogen and oxygen atoms in total. The lowest BCUT2D eigenvalue weighted by atomic mass is 10.4. The van der Waals surface area contributed by atoms with Crippen LogP contribution in [0.15, 0.2) is 0 Å². The second-order valence-corrected chi connectivity index (χ2v) is 3.69. The van der Waals surface area contributed by atoms with Crippen LogP contribution in [0.4, 0.5) is 11.9 Å². The van der Waals surface area contributed by atoms with Crippen molar-refractivity contribution in [1.29, 1.82) is 0 Å². The Morgan fingerprint density at radius 2 is 2.00 bits per heavy atom. The number of anilines is 2. The number of hydrogen-bond donors (Lipinski definition) is 4. The average molecular weight is 255 g/mol. The fraction of sp³-hybridized carbons (Fsp3) is 0.556. The first kappa shape index (κ1) is 13.9. The molecule has 1 rings (SSSR count). The Morgan fingerprint density at radius 1 is 1.33 bits per heavy atom. The van der Waals surface area contributed by atoms with Crippen molar-refractivity contribution in [2.24, 2.45) is 5.84 Å². The number of nitrogens with two attached hydrogens (primary N) is 1. The zero-order valence-electron chi connectivity index (χ0n) is 10.5. The largest absolute Gasteiger partial charge is 0.467 e. The van der Waals surface area contributed by atoms with E-state index in [1.54, 1.807) is 0 Å². The van der Waals surface area contributed by atoms with Gasteiger partial charge in [0, 0.05) is 6.04 Å². The quantitative estimate of drug-likeness (QED) is 0.380. The SMILES string of the molecule is COc1nc(NN)nc(NCC(=O)NC(C)C)n1. The van der Waals surface area contributed by atoms with Crippen molar-refractivity contribution < 1.29 is 9.53 Å². The smallest absolute Gasteiger partial charge is 0.322 e. The van der Waals surface area contributed by atoms with E-state index in [4.69, 9.17) is 10.6 Å². The number of nitrogens with zero attached hydrogens (tertiary/aromatic N) is 3. The molecule has 18 heavy (non-hydrogen) atoms.